The van der Waals surface area contributed by atoms with Crippen LogP contribution in [-0.2, 0) is 21.1 Å². The molecule has 2 aromatic rings. The van der Waals surface area contributed by atoms with Crippen LogP contribution in [-0.4, -0.2) is 38.6 Å². The molecule has 7 nitrogen and oxygen atoms in total. The zero-order valence-corrected chi connectivity index (χ0v) is 17.7. The molecule has 3 N–H and O–H groups in total. The summed E-state index contributed by atoms with van der Waals surface area (Å²) in [5, 5.41) is 2.16. The van der Waals surface area contributed by atoms with E-state index in [1.807, 2.05) is 0 Å². The van der Waals surface area contributed by atoms with E-state index in [2.05, 4.69) is 17.2 Å². The molecule has 2 amide bonds. The molecule has 0 radical (unpaired) electrons. The van der Waals surface area contributed by atoms with Gasteiger partial charge in [0.25, 0.3) is 5.91 Å². The molecule has 0 unspecified atom stereocenters. The van der Waals surface area contributed by atoms with E-state index in [1.165, 1.54) is 12.1 Å². The Morgan fingerprint density at radius 3 is 2.37 bits per heavy atom. The molecule has 0 saturated carbocycles. The van der Waals surface area contributed by atoms with Crippen LogP contribution in [0.4, 0.5) is 0 Å². The third kappa shape index (κ3) is 6.36. The van der Waals surface area contributed by atoms with Gasteiger partial charge in [-0.3, -0.25) is 9.59 Å². The van der Waals surface area contributed by atoms with Crippen LogP contribution in [0.1, 0.15) is 29.8 Å². The van der Waals surface area contributed by atoms with Crippen molar-refractivity contribution in [3.63, 3.8) is 0 Å². The maximum Gasteiger partial charge on any atom is 0.252 e. The fourth-order valence-electron chi connectivity index (χ4n) is 2.48. The molecular formula is C22H24N2O5S. The molecule has 2 rings (SSSR count). The van der Waals surface area contributed by atoms with Crippen LogP contribution in [0.25, 0.3) is 0 Å². The first-order valence-corrected chi connectivity index (χ1v) is 10.8. The lowest BCUT2D eigenvalue weighted by molar-refractivity contribution is -0.120. The maximum absolute atomic E-state index is 12.1. The molecule has 30 heavy (non-hydrogen) atoms. The predicted octanol–water partition coefficient (Wildman–Crippen LogP) is 1.71. The molecule has 0 aliphatic heterocycles. The number of nitrogens with one attached hydrogen (secondary N) is 1. The van der Waals surface area contributed by atoms with Crippen LogP contribution >= 0.6 is 0 Å². The van der Waals surface area contributed by atoms with Gasteiger partial charge < -0.3 is 15.8 Å². The smallest absolute Gasteiger partial charge is 0.252 e. The van der Waals surface area contributed by atoms with E-state index in [4.69, 9.17) is 10.5 Å². The zero-order chi connectivity index (χ0) is 22.1. The van der Waals surface area contributed by atoms with Crippen LogP contribution in [0.2, 0.25) is 0 Å². The second kappa shape index (κ2) is 10.5. The SMILES string of the molecule is CC(C)S(=O)(=O)c1ccc(CC(=O)NCC#CCOc2ccccc2C(N)=O)cc1. The zero-order valence-electron chi connectivity index (χ0n) is 16.8. The van der Waals surface area contributed by atoms with Crippen molar-refractivity contribution in [2.24, 2.45) is 5.73 Å². The summed E-state index contributed by atoms with van der Waals surface area (Å²) in [4.78, 5) is 23.5. The summed E-state index contributed by atoms with van der Waals surface area (Å²) in [6, 6.07) is 12.9. The van der Waals surface area contributed by atoms with Gasteiger partial charge in [-0.1, -0.05) is 36.1 Å². The Morgan fingerprint density at radius 1 is 1.07 bits per heavy atom. The van der Waals surface area contributed by atoms with E-state index in [-0.39, 0.29) is 35.9 Å². The molecule has 0 aliphatic carbocycles. The van der Waals surface area contributed by atoms with Gasteiger partial charge in [-0.25, -0.2) is 8.42 Å². The second-order valence-electron chi connectivity index (χ2n) is 6.69. The fourth-order valence-corrected chi connectivity index (χ4v) is 3.54. The van der Waals surface area contributed by atoms with E-state index in [0.29, 0.717) is 11.3 Å². The Morgan fingerprint density at radius 2 is 1.73 bits per heavy atom. The lowest BCUT2D eigenvalue weighted by Crippen LogP contribution is -2.25. The van der Waals surface area contributed by atoms with Crippen molar-refractivity contribution in [1.82, 2.24) is 5.32 Å². The van der Waals surface area contributed by atoms with Gasteiger partial charge in [-0.2, -0.15) is 0 Å². The number of benzene rings is 2. The van der Waals surface area contributed by atoms with Crippen molar-refractivity contribution in [2.75, 3.05) is 13.2 Å². The molecule has 0 saturated heterocycles. The van der Waals surface area contributed by atoms with Crippen LogP contribution in [0, 0.1) is 11.8 Å². The van der Waals surface area contributed by atoms with Gasteiger partial charge in [0.2, 0.25) is 5.91 Å². The van der Waals surface area contributed by atoms with Crippen molar-refractivity contribution in [2.45, 2.75) is 30.4 Å². The normalized spacial score (nSPS) is 10.8. The van der Waals surface area contributed by atoms with E-state index in [1.54, 1.807) is 50.2 Å². The summed E-state index contributed by atoms with van der Waals surface area (Å²) in [6.07, 6.45) is 0.117. The topological polar surface area (TPSA) is 116 Å². The Balaban J connectivity index is 1.79. The molecule has 0 heterocycles. The number of sulfone groups is 1. The molecule has 0 aliphatic rings. The van der Waals surface area contributed by atoms with Crippen molar-refractivity contribution in [3.8, 4) is 17.6 Å². The van der Waals surface area contributed by atoms with Crippen LogP contribution in [0.5, 0.6) is 5.75 Å². The van der Waals surface area contributed by atoms with E-state index < -0.39 is 21.0 Å². The molecule has 0 aromatic heterocycles. The summed E-state index contributed by atoms with van der Waals surface area (Å²) in [6.45, 7) is 3.43. The number of amides is 2. The van der Waals surface area contributed by atoms with Gasteiger partial charge in [0.15, 0.2) is 9.84 Å². The molecule has 158 valence electrons. The average molecular weight is 429 g/mol. The first kappa shape index (κ1) is 23.0. The number of para-hydroxylation sites is 1. The number of carbonyl (C=O) groups is 2. The number of primary amides is 1. The lowest BCUT2D eigenvalue weighted by Gasteiger charge is -2.08. The Labute approximate surface area is 176 Å². The summed E-state index contributed by atoms with van der Waals surface area (Å²) >= 11 is 0. The first-order chi connectivity index (χ1) is 14.2. The van der Waals surface area contributed by atoms with Crippen LogP contribution in [0.3, 0.4) is 0 Å². The highest BCUT2D eigenvalue weighted by molar-refractivity contribution is 7.92. The van der Waals surface area contributed by atoms with E-state index in [9.17, 15) is 18.0 Å². The van der Waals surface area contributed by atoms with Crippen LogP contribution < -0.4 is 15.8 Å². The molecule has 8 heteroatoms. The predicted molar refractivity (Wildman–Crippen MR) is 114 cm³/mol. The van der Waals surface area contributed by atoms with Gasteiger partial charge in [-0.15, -0.1) is 0 Å². The molecule has 0 atom stereocenters. The van der Waals surface area contributed by atoms with Crippen molar-refractivity contribution >= 4 is 21.7 Å². The number of hydrogen-bond acceptors (Lipinski definition) is 5. The van der Waals surface area contributed by atoms with Gasteiger partial charge in [0, 0.05) is 0 Å². The average Bonchev–Trinajstić information content (AvgIpc) is 2.71. The number of carbonyl (C=O) groups excluding carboxylic acids is 2. The Kier molecular flexibility index (Phi) is 8.01. The highest BCUT2D eigenvalue weighted by atomic mass is 32.2. The van der Waals surface area contributed by atoms with Gasteiger partial charge in [0.05, 0.1) is 28.7 Å². The maximum atomic E-state index is 12.1. The molecule has 0 bridgehead atoms. The number of rotatable bonds is 8. The molecule has 2 aromatic carbocycles. The standard InChI is InChI=1S/C22H24N2O5S/c1-16(2)30(27,28)18-11-9-17(10-12-18)15-21(25)24-13-5-6-14-29-20-8-4-3-7-19(20)22(23)26/h3-4,7-12,16H,13-15H2,1-2H3,(H2,23,26)(H,24,25). The van der Waals surface area contributed by atoms with Crippen molar-refractivity contribution in [3.05, 3.63) is 59.7 Å². The van der Waals surface area contributed by atoms with Gasteiger partial charge in [0.1, 0.15) is 12.4 Å². The number of nitrogens with two attached hydrogens (primary N) is 1. The highest BCUT2D eigenvalue weighted by Crippen LogP contribution is 2.17. The Bertz CT molecular complexity index is 1060. The minimum Gasteiger partial charge on any atom is -0.480 e. The van der Waals surface area contributed by atoms with Crippen molar-refractivity contribution < 1.29 is 22.7 Å². The summed E-state index contributed by atoms with van der Waals surface area (Å²) < 4.78 is 29.6. The molecular weight excluding hydrogens is 404 g/mol. The van der Waals surface area contributed by atoms with E-state index in [0.717, 1.165) is 0 Å². The van der Waals surface area contributed by atoms with E-state index >= 15 is 0 Å². The third-order valence-corrected chi connectivity index (χ3v) is 6.36. The summed E-state index contributed by atoms with van der Waals surface area (Å²) in [5.41, 5.74) is 6.25. The number of ether oxygens (including phenoxy) is 1. The number of hydrogen-bond donors (Lipinski definition) is 2. The molecule has 0 fully saturated rings. The lowest BCUT2D eigenvalue weighted by atomic mass is 10.1. The fraction of sp³-hybridized carbons (Fsp3) is 0.273. The first-order valence-electron chi connectivity index (χ1n) is 9.28. The van der Waals surface area contributed by atoms with Crippen molar-refractivity contribution in [1.29, 1.82) is 0 Å². The largest absolute Gasteiger partial charge is 0.480 e. The third-order valence-electron chi connectivity index (χ3n) is 4.19. The minimum atomic E-state index is -3.33. The van der Waals surface area contributed by atoms with Gasteiger partial charge >= 0.3 is 0 Å². The minimum absolute atomic E-state index is 0.0476. The highest BCUT2D eigenvalue weighted by Gasteiger charge is 2.18. The Hall–Kier alpha value is -3.31. The quantitative estimate of drug-likeness (QED) is 0.621. The summed E-state index contributed by atoms with van der Waals surface area (Å²) in [7, 11) is -3.33. The van der Waals surface area contributed by atoms with Crippen LogP contribution in [0.15, 0.2) is 53.4 Å². The monoisotopic (exact) mass is 428 g/mol. The summed E-state index contributed by atoms with van der Waals surface area (Å²) in [5.74, 6) is 5.05. The molecule has 0 spiro atoms. The second-order valence-corrected chi connectivity index (χ2v) is 9.20. The van der Waals surface area contributed by atoms with Gasteiger partial charge in [-0.05, 0) is 43.7 Å².